The molecule has 2 aromatic rings. The smallest absolute Gasteiger partial charge is 0.247 e. The topological polar surface area (TPSA) is 138 Å². The summed E-state index contributed by atoms with van der Waals surface area (Å²) in [6.45, 7) is 8.06. The molecule has 0 spiro atoms. The SMILES string of the molecule is CC[C@H](C)[C@@H]1NC(=O)[C@@H]2[C@H](CCN2C(=O)[C@H](CC(C)C)NC(=O)[C@H](Cc2ccccc2)NC)Oc2ccc(OC)c(c2)C=CNC1=O. The Balaban J connectivity index is 1.65. The predicted octanol–water partition coefficient (Wildman–Crippen LogP) is 3.04. The molecule has 0 aromatic heterocycles. The summed E-state index contributed by atoms with van der Waals surface area (Å²) in [6, 6.07) is 11.7. The monoisotopic (exact) mass is 647 g/mol. The summed E-state index contributed by atoms with van der Waals surface area (Å²) in [7, 11) is 3.28. The fourth-order valence-electron chi connectivity index (χ4n) is 6.12. The van der Waals surface area contributed by atoms with Gasteiger partial charge in [0.05, 0.1) is 13.2 Å². The van der Waals surface area contributed by atoms with Crippen LogP contribution >= 0.6 is 0 Å². The number of rotatable bonds is 11. The molecule has 47 heavy (non-hydrogen) atoms. The zero-order chi connectivity index (χ0) is 34.1. The van der Waals surface area contributed by atoms with Crippen LogP contribution in [0.3, 0.4) is 0 Å². The molecule has 2 heterocycles. The Hall–Kier alpha value is -4.38. The molecule has 11 nitrogen and oxygen atoms in total. The number of amides is 4. The Kier molecular flexibility index (Phi) is 12.4. The Morgan fingerprint density at radius 2 is 1.81 bits per heavy atom. The molecule has 254 valence electrons. The Labute approximate surface area is 277 Å². The van der Waals surface area contributed by atoms with Gasteiger partial charge in [-0.2, -0.15) is 0 Å². The van der Waals surface area contributed by atoms with E-state index in [4.69, 9.17) is 9.47 Å². The zero-order valence-corrected chi connectivity index (χ0v) is 28.2. The molecule has 4 amide bonds. The third kappa shape index (κ3) is 8.91. The fraction of sp³-hybridized carbons (Fsp3) is 0.500. The first-order valence-corrected chi connectivity index (χ1v) is 16.5. The van der Waals surface area contributed by atoms with E-state index in [1.165, 1.54) is 11.1 Å². The largest absolute Gasteiger partial charge is 0.496 e. The van der Waals surface area contributed by atoms with Crippen molar-refractivity contribution < 1.29 is 28.7 Å². The van der Waals surface area contributed by atoms with E-state index in [0.29, 0.717) is 42.7 Å². The molecule has 0 unspecified atom stereocenters. The molecule has 2 aromatic carbocycles. The van der Waals surface area contributed by atoms with Crippen LogP contribution in [-0.2, 0) is 25.6 Å². The van der Waals surface area contributed by atoms with Gasteiger partial charge in [-0.05, 0) is 61.6 Å². The van der Waals surface area contributed by atoms with Gasteiger partial charge in [-0.1, -0.05) is 64.4 Å². The first-order valence-electron chi connectivity index (χ1n) is 16.5. The van der Waals surface area contributed by atoms with Crippen molar-refractivity contribution in [3.05, 3.63) is 65.9 Å². The van der Waals surface area contributed by atoms with E-state index < -0.39 is 36.2 Å². The molecule has 4 N–H and O–H groups in total. The van der Waals surface area contributed by atoms with Crippen molar-refractivity contribution in [2.45, 2.75) is 83.6 Å². The minimum Gasteiger partial charge on any atom is -0.496 e. The highest BCUT2D eigenvalue weighted by Crippen LogP contribution is 2.30. The van der Waals surface area contributed by atoms with Crippen molar-refractivity contribution in [1.29, 1.82) is 0 Å². The number of carbonyl (C=O) groups is 4. The van der Waals surface area contributed by atoms with Gasteiger partial charge in [-0.15, -0.1) is 0 Å². The van der Waals surface area contributed by atoms with E-state index in [-0.39, 0.29) is 36.1 Å². The van der Waals surface area contributed by atoms with Gasteiger partial charge in [0.2, 0.25) is 23.6 Å². The summed E-state index contributed by atoms with van der Waals surface area (Å²) < 4.78 is 11.9. The molecule has 2 bridgehead atoms. The summed E-state index contributed by atoms with van der Waals surface area (Å²) >= 11 is 0. The van der Waals surface area contributed by atoms with E-state index in [1.807, 2.05) is 58.0 Å². The molecule has 0 aliphatic carbocycles. The average molecular weight is 648 g/mol. The van der Waals surface area contributed by atoms with Gasteiger partial charge in [0.25, 0.3) is 0 Å². The van der Waals surface area contributed by atoms with Crippen molar-refractivity contribution in [3.63, 3.8) is 0 Å². The number of carbonyl (C=O) groups excluding carboxylic acids is 4. The van der Waals surface area contributed by atoms with Gasteiger partial charge >= 0.3 is 0 Å². The first-order chi connectivity index (χ1) is 22.6. The summed E-state index contributed by atoms with van der Waals surface area (Å²) in [5.74, 6) is -0.529. The highest BCUT2D eigenvalue weighted by atomic mass is 16.5. The molecule has 2 aliphatic heterocycles. The van der Waals surface area contributed by atoms with E-state index in [2.05, 4.69) is 21.3 Å². The number of nitrogens with one attached hydrogen (secondary N) is 4. The zero-order valence-electron chi connectivity index (χ0n) is 28.2. The average Bonchev–Trinajstić information content (AvgIpc) is 3.48. The van der Waals surface area contributed by atoms with Crippen LogP contribution in [-0.4, -0.2) is 79.5 Å². The Bertz CT molecular complexity index is 1430. The van der Waals surface area contributed by atoms with Crippen LogP contribution < -0.4 is 30.7 Å². The lowest BCUT2D eigenvalue weighted by atomic mass is 9.97. The third-order valence-corrected chi connectivity index (χ3v) is 8.93. The van der Waals surface area contributed by atoms with Crippen LogP contribution in [0.2, 0.25) is 0 Å². The lowest BCUT2D eigenvalue weighted by Gasteiger charge is -2.33. The quantitative estimate of drug-likeness (QED) is 0.294. The molecular weight excluding hydrogens is 598 g/mol. The molecular formula is C36H49N5O6. The number of hydrogen-bond donors (Lipinski definition) is 4. The second-order valence-electron chi connectivity index (χ2n) is 12.8. The van der Waals surface area contributed by atoms with E-state index in [9.17, 15) is 19.2 Å². The van der Waals surface area contributed by atoms with Crippen LogP contribution in [0, 0.1) is 11.8 Å². The Morgan fingerprint density at radius 1 is 1.06 bits per heavy atom. The lowest BCUT2D eigenvalue weighted by molar-refractivity contribution is -0.144. The summed E-state index contributed by atoms with van der Waals surface area (Å²) in [5, 5.41) is 11.8. The highest BCUT2D eigenvalue weighted by Gasteiger charge is 2.46. The number of ether oxygens (including phenoxy) is 2. The number of likely N-dealkylation sites (tertiary alicyclic amines) is 1. The molecule has 0 radical (unpaired) electrons. The first kappa shape index (κ1) is 35.5. The number of nitrogens with zero attached hydrogens (tertiary/aromatic N) is 1. The minimum absolute atomic E-state index is 0.0821. The molecule has 11 heteroatoms. The Morgan fingerprint density at radius 3 is 2.47 bits per heavy atom. The van der Waals surface area contributed by atoms with Crippen molar-refractivity contribution in [3.8, 4) is 11.5 Å². The maximum absolute atomic E-state index is 14.4. The van der Waals surface area contributed by atoms with E-state index in [0.717, 1.165) is 5.56 Å². The van der Waals surface area contributed by atoms with Gasteiger partial charge in [0, 0.05) is 24.7 Å². The van der Waals surface area contributed by atoms with Crippen molar-refractivity contribution in [2.75, 3.05) is 20.7 Å². The maximum Gasteiger partial charge on any atom is 0.247 e. The van der Waals surface area contributed by atoms with Gasteiger partial charge in [-0.25, -0.2) is 0 Å². The van der Waals surface area contributed by atoms with Gasteiger partial charge in [-0.3, -0.25) is 19.2 Å². The highest BCUT2D eigenvalue weighted by molar-refractivity contribution is 5.96. The standard InChI is InChI=1S/C36H49N5O6/c1-7-23(4)31-34(43)38-17-15-25-21-26(13-14-29(25)46-6)47-30-16-18-41(32(30)35(44)40-31)36(45)28(19-22(2)3)39-33(42)27(37-5)20-24-11-9-8-10-12-24/h8-15,17,21-23,27-28,30-32,37H,7,16,18-20H2,1-6H3,(H,38,43)(H,39,42)(H,40,44)/t23-,27-,28-,30-,31-,32-/m0/s1. The van der Waals surface area contributed by atoms with Gasteiger partial charge in [0.15, 0.2) is 0 Å². The number of hydrogen-bond acceptors (Lipinski definition) is 7. The number of fused-ring (bicyclic) bond motifs is 3. The molecule has 1 saturated heterocycles. The second-order valence-corrected chi connectivity index (χ2v) is 12.8. The number of methoxy groups -OCH3 is 1. The number of likely N-dealkylation sites (N-methyl/N-ethyl adjacent to an activating group) is 1. The summed E-state index contributed by atoms with van der Waals surface area (Å²) in [5.41, 5.74) is 1.67. The van der Waals surface area contributed by atoms with Gasteiger partial charge in [0.1, 0.15) is 35.7 Å². The van der Waals surface area contributed by atoms with Crippen molar-refractivity contribution >= 4 is 29.7 Å². The van der Waals surface area contributed by atoms with Crippen LogP contribution in [0.15, 0.2) is 54.7 Å². The number of benzene rings is 2. The van der Waals surface area contributed by atoms with Crippen molar-refractivity contribution in [1.82, 2.24) is 26.2 Å². The fourth-order valence-corrected chi connectivity index (χ4v) is 6.12. The normalized spacial score (nSPS) is 21.5. The van der Waals surface area contributed by atoms with Crippen LogP contribution in [0.1, 0.15) is 58.1 Å². The third-order valence-electron chi connectivity index (χ3n) is 8.93. The van der Waals surface area contributed by atoms with E-state index in [1.54, 1.807) is 38.4 Å². The van der Waals surface area contributed by atoms with Crippen LogP contribution in [0.4, 0.5) is 0 Å². The molecule has 0 saturated carbocycles. The van der Waals surface area contributed by atoms with Gasteiger partial charge < -0.3 is 35.6 Å². The van der Waals surface area contributed by atoms with Crippen LogP contribution in [0.25, 0.3) is 6.08 Å². The summed E-state index contributed by atoms with van der Waals surface area (Å²) in [4.78, 5) is 56.9. The summed E-state index contributed by atoms with van der Waals surface area (Å²) in [6.07, 6.45) is 4.41. The van der Waals surface area contributed by atoms with E-state index >= 15 is 0 Å². The maximum atomic E-state index is 14.4. The second kappa shape index (κ2) is 16.4. The minimum atomic E-state index is -1.03. The molecule has 4 rings (SSSR count). The van der Waals surface area contributed by atoms with Crippen LogP contribution in [0.5, 0.6) is 11.5 Å². The molecule has 2 aliphatic rings. The molecule has 6 atom stereocenters. The van der Waals surface area contributed by atoms with Crippen molar-refractivity contribution in [2.24, 2.45) is 11.8 Å². The predicted molar refractivity (Wildman–Crippen MR) is 180 cm³/mol. The lowest BCUT2D eigenvalue weighted by Crippen LogP contribution is -2.60. The molecule has 1 fully saturated rings.